The molecule has 0 aliphatic carbocycles. The van der Waals surface area contributed by atoms with Crippen LogP contribution in [0.1, 0.15) is 24.8 Å². The molecule has 2 rings (SSSR count). The third-order valence-corrected chi connectivity index (χ3v) is 4.28. The molecule has 0 radical (unpaired) electrons. The predicted octanol–water partition coefficient (Wildman–Crippen LogP) is 1.03. The number of carbonyl (C=O) groups excluding carboxylic acids is 2. The highest BCUT2D eigenvalue weighted by Gasteiger charge is 2.29. The third-order valence-electron chi connectivity index (χ3n) is 4.28. The molecule has 24 heavy (non-hydrogen) atoms. The number of aliphatic hydroxyl groups is 1. The van der Waals surface area contributed by atoms with Crippen molar-refractivity contribution in [1.29, 1.82) is 0 Å². The largest absolute Gasteiger partial charge is 0.395 e. The normalized spacial score (nSPS) is 18.3. The lowest BCUT2D eigenvalue weighted by Crippen LogP contribution is -2.46. The van der Waals surface area contributed by atoms with E-state index in [-0.39, 0.29) is 31.5 Å². The molecular formula is C18H26N2O4. The van der Waals surface area contributed by atoms with Crippen LogP contribution in [0, 0.1) is 0 Å². The monoisotopic (exact) mass is 334 g/mol. The van der Waals surface area contributed by atoms with E-state index in [0.29, 0.717) is 19.5 Å². The SMILES string of the molecule is COC1CCCCN(CC(=O)N(CCO)Cc2ccccc2)C1=O. The molecule has 1 atom stereocenters. The van der Waals surface area contributed by atoms with Crippen LogP contribution in [0.3, 0.4) is 0 Å². The number of aliphatic hydroxyl groups excluding tert-OH is 1. The van der Waals surface area contributed by atoms with E-state index < -0.39 is 6.10 Å². The van der Waals surface area contributed by atoms with E-state index in [1.54, 1.807) is 9.80 Å². The van der Waals surface area contributed by atoms with Crippen LogP contribution in [0.4, 0.5) is 0 Å². The van der Waals surface area contributed by atoms with Gasteiger partial charge in [0.05, 0.1) is 13.2 Å². The molecule has 0 spiro atoms. The fourth-order valence-corrected chi connectivity index (χ4v) is 2.93. The van der Waals surface area contributed by atoms with Gasteiger partial charge in [0, 0.05) is 26.7 Å². The molecule has 1 fully saturated rings. The number of hydrogen-bond donors (Lipinski definition) is 1. The quantitative estimate of drug-likeness (QED) is 0.809. The summed E-state index contributed by atoms with van der Waals surface area (Å²) in [6.45, 7) is 1.18. The summed E-state index contributed by atoms with van der Waals surface area (Å²) in [6, 6.07) is 9.63. The zero-order valence-electron chi connectivity index (χ0n) is 14.2. The summed E-state index contributed by atoms with van der Waals surface area (Å²) >= 11 is 0. The van der Waals surface area contributed by atoms with E-state index in [9.17, 15) is 14.7 Å². The Kier molecular flexibility index (Phi) is 7.21. The van der Waals surface area contributed by atoms with E-state index in [2.05, 4.69) is 0 Å². The van der Waals surface area contributed by atoms with Gasteiger partial charge >= 0.3 is 0 Å². The summed E-state index contributed by atoms with van der Waals surface area (Å²) < 4.78 is 5.24. The number of ether oxygens (including phenoxy) is 1. The summed E-state index contributed by atoms with van der Waals surface area (Å²) in [5.41, 5.74) is 0.997. The van der Waals surface area contributed by atoms with E-state index in [1.807, 2.05) is 30.3 Å². The second-order valence-corrected chi connectivity index (χ2v) is 6.00. The van der Waals surface area contributed by atoms with Crippen LogP contribution >= 0.6 is 0 Å². The Morgan fingerprint density at radius 2 is 2.08 bits per heavy atom. The minimum Gasteiger partial charge on any atom is -0.395 e. The lowest BCUT2D eigenvalue weighted by atomic mass is 10.2. The van der Waals surface area contributed by atoms with Gasteiger partial charge in [-0.05, 0) is 24.8 Å². The van der Waals surface area contributed by atoms with Gasteiger partial charge in [-0.25, -0.2) is 0 Å². The third kappa shape index (κ3) is 5.04. The summed E-state index contributed by atoms with van der Waals surface area (Å²) in [7, 11) is 1.53. The number of amides is 2. The Morgan fingerprint density at radius 1 is 1.33 bits per heavy atom. The average molecular weight is 334 g/mol. The Hall–Kier alpha value is -1.92. The maximum absolute atomic E-state index is 12.6. The van der Waals surface area contributed by atoms with Gasteiger partial charge in [-0.3, -0.25) is 9.59 Å². The lowest BCUT2D eigenvalue weighted by molar-refractivity contribution is -0.146. The first-order chi connectivity index (χ1) is 11.7. The zero-order chi connectivity index (χ0) is 17.4. The number of benzene rings is 1. The standard InChI is InChI=1S/C18H26N2O4/c1-24-16-9-5-6-10-20(18(16)23)14-17(22)19(11-12-21)13-15-7-3-2-4-8-15/h2-4,7-8,16,21H,5-6,9-14H2,1H3. The molecule has 1 N–H and O–H groups in total. The lowest BCUT2D eigenvalue weighted by Gasteiger charge is -2.28. The predicted molar refractivity (Wildman–Crippen MR) is 90.2 cm³/mol. The molecule has 1 saturated heterocycles. The number of rotatable bonds is 7. The summed E-state index contributed by atoms with van der Waals surface area (Å²) in [4.78, 5) is 28.2. The highest BCUT2D eigenvalue weighted by molar-refractivity contribution is 5.87. The molecule has 2 amide bonds. The van der Waals surface area contributed by atoms with Gasteiger partial charge in [-0.1, -0.05) is 30.3 Å². The Morgan fingerprint density at radius 3 is 2.75 bits per heavy atom. The van der Waals surface area contributed by atoms with Crippen molar-refractivity contribution in [3.05, 3.63) is 35.9 Å². The van der Waals surface area contributed by atoms with E-state index in [1.165, 1.54) is 7.11 Å². The molecule has 1 aromatic rings. The van der Waals surface area contributed by atoms with Gasteiger partial charge in [-0.2, -0.15) is 0 Å². The molecule has 1 aromatic carbocycles. The second-order valence-electron chi connectivity index (χ2n) is 6.00. The summed E-state index contributed by atoms with van der Waals surface area (Å²) in [5, 5.41) is 9.25. The first-order valence-electron chi connectivity index (χ1n) is 8.40. The highest BCUT2D eigenvalue weighted by Crippen LogP contribution is 2.15. The summed E-state index contributed by atoms with van der Waals surface area (Å²) in [6.07, 6.45) is 2.03. The van der Waals surface area contributed by atoms with Crippen molar-refractivity contribution in [3.8, 4) is 0 Å². The van der Waals surface area contributed by atoms with Crippen LogP contribution in [0.5, 0.6) is 0 Å². The molecule has 1 aliphatic heterocycles. The number of hydrogen-bond acceptors (Lipinski definition) is 4. The molecular weight excluding hydrogens is 308 g/mol. The van der Waals surface area contributed by atoms with Crippen molar-refractivity contribution in [3.63, 3.8) is 0 Å². The van der Waals surface area contributed by atoms with Crippen LogP contribution < -0.4 is 0 Å². The molecule has 6 heteroatoms. The molecule has 132 valence electrons. The molecule has 0 saturated carbocycles. The Balaban J connectivity index is 2.02. The smallest absolute Gasteiger partial charge is 0.252 e. The van der Waals surface area contributed by atoms with Crippen molar-refractivity contribution in [2.45, 2.75) is 31.9 Å². The molecule has 0 bridgehead atoms. The van der Waals surface area contributed by atoms with Crippen molar-refractivity contribution < 1.29 is 19.4 Å². The van der Waals surface area contributed by atoms with Gasteiger partial charge in [0.25, 0.3) is 5.91 Å². The van der Waals surface area contributed by atoms with Crippen LogP contribution in [0.25, 0.3) is 0 Å². The molecule has 0 aromatic heterocycles. The first kappa shape index (κ1) is 18.4. The van der Waals surface area contributed by atoms with Gasteiger partial charge in [0.15, 0.2) is 0 Å². The van der Waals surface area contributed by atoms with E-state index in [0.717, 1.165) is 18.4 Å². The van der Waals surface area contributed by atoms with Crippen molar-refractivity contribution in [2.75, 3.05) is 33.4 Å². The van der Waals surface area contributed by atoms with Crippen LogP contribution in [-0.2, 0) is 20.9 Å². The van der Waals surface area contributed by atoms with Crippen LogP contribution in [-0.4, -0.2) is 66.2 Å². The van der Waals surface area contributed by atoms with Gasteiger partial charge in [0.2, 0.25) is 5.91 Å². The van der Waals surface area contributed by atoms with Crippen molar-refractivity contribution >= 4 is 11.8 Å². The highest BCUT2D eigenvalue weighted by atomic mass is 16.5. The Labute approximate surface area is 143 Å². The van der Waals surface area contributed by atoms with Crippen molar-refractivity contribution in [2.24, 2.45) is 0 Å². The minimum atomic E-state index is -0.458. The average Bonchev–Trinajstić information content (AvgIpc) is 2.77. The van der Waals surface area contributed by atoms with Crippen LogP contribution in [0.2, 0.25) is 0 Å². The van der Waals surface area contributed by atoms with Gasteiger partial charge in [0.1, 0.15) is 6.10 Å². The summed E-state index contributed by atoms with van der Waals surface area (Å²) in [5.74, 6) is -0.273. The maximum atomic E-state index is 12.6. The zero-order valence-corrected chi connectivity index (χ0v) is 14.2. The number of methoxy groups -OCH3 is 1. The Bertz CT molecular complexity index is 535. The fraction of sp³-hybridized carbons (Fsp3) is 0.556. The second kappa shape index (κ2) is 9.39. The minimum absolute atomic E-state index is 0.0333. The van der Waals surface area contributed by atoms with Crippen molar-refractivity contribution in [1.82, 2.24) is 9.80 Å². The fourth-order valence-electron chi connectivity index (χ4n) is 2.93. The van der Waals surface area contributed by atoms with Gasteiger partial charge < -0.3 is 19.6 Å². The van der Waals surface area contributed by atoms with Gasteiger partial charge in [-0.15, -0.1) is 0 Å². The molecule has 1 aliphatic rings. The maximum Gasteiger partial charge on any atom is 0.252 e. The number of carbonyl (C=O) groups is 2. The van der Waals surface area contributed by atoms with E-state index in [4.69, 9.17) is 4.74 Å². The number of likely N-dealkylation sites (tertiary alicyclic amines) is 1. The molecule has 1 unspecified atom stereocenters. The first-order valence-corrected chi connectivity index (χ1v) is 8.40. The molecule has 1 heterocycles. The van der Waals surface area contributed by atoms with Crippen LogP contribution in [0.15, 0.2) is 30.3 Å². The molecule has 6 nitrogen and oxygen atoms in total. The topological polar surface area (TPSA) is 70.1 Å². The number of nitrogens with zero attached hydrogens (tertiary/aromatic N) is 2. The van der Waals surface area contributed by atoms with E-state index >= 15 is 0 Å².